The summed E-state index contributed by atoms with van der Waals surface area (Å²) in [6, 6.07) is 8.40. The van der Waals surface area contributed by atoms with Gasteiger partial charge in [0.1, 0.15) is 12.9 Å². The standard InChI is InChI=1S/C19H26N6O2/c1-3-23(2)17-14-6-4-5-7-15(14)19(18(17)27)8-10-24(11-9-19)16(26)12-25-13-20-21-22-25/h4-7,13,17-18,27H,3,8-12H2,1-2H3/t17-,18+/m1/s1. The molecule has 2 atom stereocenters. The molecule has 1 saturated heterocycles. The van der Waals surface area contributed by atoms with E-state index in [-0.39, 0.29) is 23.9 Å². The summed E-state index contributed by atoms with van der Waals surface area (Å²) >= 11 is 0. The molecule has 1 N–H and O–H groups in total. The van der Waals surface area contributed by atoms with Crippen LogP contribution in [0.15, 0.2) is 30.6 Å². The van der Waals surface area contributed by atoms with Crippen molar-refractivity contribution < 1.29 is 9.90 Å². The molecule has 0 bridgehead atoms. The Hall–Kier alpha value is -2.32. The summed E-state index contributed by atoms with van der Waals surface area (Å²) < 4.78 is 1.44. The Morgan fingerprint density at radius 1 is 1.33 bits per heavy atom. The average Bonchev–Trinajstić information content (AvgIpc) is 3.28. The molecule has 144 valence electrons. The van der Waals surface area contributed by atoms with Gasteiger partial charge in [0.2, 0.25) is 5.91 Å². The number of carbonyl (C=O) groups is 1. The first-order chi connectivity index (χ1) is 13.1. The maximum Gasteiger partial charge on any atom is 0.244 e. The lowest BCUT2D eigenvalue weighted by atomic mass is 9.72. The van der Waals surface area contributed by atoms with Gasteiger partial charge in [-0.2, -0.15) is 0 Å². The molecular weight excluding hydrogens is 344 g/mol. The highest BCUT2D eigenvalue weighted by Crippen LogP contribution is 2.52. The van der Waals surface area contributed by atoms with Gasteiger partial charge < -0.3 is 10.0 Å². The number of fused-ring (bicyclic) bond motifs is 2. The van der Waals surface area contributed by atoms with E-state index >= 15 is 0 Å². The molecule has 1 aromatic carbocycles. The first-order valence-corrected chi connectivity index (χ1v) is 9.53. The summed E-state index contributed by atoms with van der Waals surface area (Å²) in [6.45, 7) is 4.41. The van der Waals surface area contributed by atoms with Gasteiger partial charge in [-0.15, -0.1) is 5.10 Å². The Morgan fingerprint density at radius 3 is 2.74 bits per heavy atom. The topological polar surface area (TPSA) is 87.4 Å². The summed E-state index contributed by atoms with van der Waals surface area (Å²) in [5, 5.41) is 22.2. The maximum absolute atomic E-state index is 12.6. The summed E-state index contributed by atoms with van der Waals surface area (Å²) in [4.78, 5) is 16.6. The van der Waals surface area contributed by atoms with E-state index in [1.165, 1.54) is 22.1 Å². The number of piperidine rings is 1. The largest absolute Gasteiger partial charge is 0.390 e. The van der Waals surface area contributed by atoms with Gasteiger partial charge in [0, 0.05) is 18.5 Å². The minimum absolute atomic E-state index is 0.00896. The van der Waals surface area contributed by atoms with Crippen molar-refractivity contribution in [2.45, 2.75) is 43.9 Å². The van der Waals surface area contributed by atoms with Crippen molar-refractivity contribution in [2.24, 2.45) is 0 Å². The van der Waals surface area contributed by atoms with E-state index in [1.54, 1.807) is 0 Å². The van der Waals surface area contributed by atoms with Gasteiger partial charge in [0.05, 0.1) is 12.1 Å². The monoisotopic (exact) mass is 370 g/mol. The van der Waals surface area contributed by atoms with Gasteiger partial charge in [-0.1, -0.05) is 31.2 Å². The fourth-order valence-electron chi connectivity index (χ4n) is 4.73. The molecule has 2 aromatic rings. The third-order valence-electron chi connectivity index (χ3n) is 6.35. The smallest absolute Gasteiger partial charge is 0.244 e. The molecule has 1 aromatic heterocycles. The number of nitrogens with zero attached hydrogens (tertiary/aromatic N) is 6. The first-order valence-electron chi connectivity index (χ1n) is 9.53. The lowest BCUT2D eigenvalue weighted by Crippen LogP contribution is -2.51. The van der Waals surface area contributed by atoms with Gasteiger partial charge in [-0.25, -0.2) is 4.68 Å². The van der Waals surface area contributed by atoms with Crippen LogP contribution in [0.25, 0.3) is 0 Å². The van der Waals surface area contributed by atoms with Gasteiger partial charge in [-0.05, 0) is 48.0 Å². The SMILES string of the molecule is CCN(C)[C@@H]1c2ccccc2C2(CCN(C(=O)Cn3cnnn3)CC2)[C@H]1O. The van der Waals surface area contributed by atoms with Crippen molar-refractivity contribution in [2.75, 3.05) is 26.7 Å². The summed E-state index contributed by atoms with van der Waals surface area (Å²) in [5.74, 6) is 0.0140. The quantitative estimate of drug-likeness (QED) is 0.848. The fourth-order valence-corrected chi connectivity index (χ4v) is 4.73. The molecule has 8 heteroatoms. The number of benzene rings is 1. The predicted octanol–water partition coefficient (Wildman–Crippen LogP) is 0.601. The number of likely N-dealkylation sites (tertiary alicyclic amines) is 1. The Morgan fingerprint density at radius 2 is 2.07 bits per heavy atom. The number of tetrazole rings is 1. The van der Waals surface area contributed by atoms with E-state index in [1.807, 2.05) is 11.0 Å². The van der Waals surface area contributed by atoms with Crippen molar-refractivity contribution in [3.63, 3.8) is 0 Å². The number of likely N-dealkylation sites (N-methyl/N-ethyl adjacent to an activating group) is 1. The Bertz CT molecular complexity index is 800. The lowest BCUT2D eigenvalue weighted by molar-refractivity contribution is -0.134. The number of rotatable bonds is 4. The number of amides is 1. The number of carbonyl (C=O) groups excluding carboxylic acids is 1. The van der Waals surface area contributed by atoms with Crippen molar-refractivity contribution in [1.82, 2.24) is 30.0 Å². The van der Waals surface area contributed by atoms with Gasteiger partial charge in [0.15, 0.2) is 0 Å². The van der Waals surface area contributed by atoms with Crippen LogP contribution in [0.3, 0.4) is 0 Å². The second-order valence-electron chi connectivity index (χ2n) is 7.59. The van der Waals surface area contributed by atoms with Crippen LogP contribution in [-0.4, -0.2) is 73.8 Å². The molecular formula is C19H26N6O2. The fraction of sp³-hybridized carbons (Fsp3) is 0.579. The third-order valence-corrected chi connectivity index (χ3v) is 6.35. The van der Waals surface area contributed by atoms with Gasteiger partial charge in [0.25, 0.3) is 0 Å². The minimum atomic E-state index is -0.461. The van der Waals surface area contributed by atoms with Crippen molar-refractivity contribution in [1.29, 1.82) is 0 Å². The molecule has 0 radical (unpaired) electrons. The highest BCUT2D eigenvalue weighted by molar-refractivity contribution is 5.76. The van der Waals surface area contributed by atoms with Crippen molar-refractivity contribution in [3.8, 4) is 0 Å². The summed E-state index contributed by atoms with van der Waals surface area (Å²) in [7, 11) is 2.06. The van der Waals surface area contributed by atoms with Crippen LogP contribution in [-0.2, 0) is 16.8 Å². The third kappa shape index (κ3) is 2.93. The summed E-state index contributed by atoms with van der Waals surface area (Å²) in [6.07, 6.45) is 2.52. The zero-order chi connectivity index (χ0) is 19.0. The Labute approximate surface area is 158 Å². The number of hydrogen-bond acceptors (Lipinski definition) is 6. The molecule has 27 heavy (non-hydrogen) atoms. The molecule has 0 unspecified atom stereocenters. The zero-order valence-corrected chi connectivity index (χ0v) is 15.8. The number of aliphatic hydroxyl groups excluding tert-OH is 1. The highest BCUT2D eigenvalue weighted by atomic mass is 16.3. The van der Waals surface area contributed by atoms with Gasteiger partial charge in [-0.3, -0.25) is 9.69 Å². The second kappa shape index (κ2) is 7.01. The van der Waals surface area contributed by atoms with Crippen LogP contribution in [0.2, 0.25) is 0 Å². The maximum atomic E-state index is 12.6. The molecule has 2 heterocycles. The molecule has 4 rings (SSSR count). The zero-order valence-electron chi connectivity index (χ0n) is 15.8. The number of aromatic nitrogens is 4. The van der Waals surface area contributed by atoms with Gasteiger partial charge >= 0.3 is 0 Å². The Balaban J connectivity index is 1.54. The first kappa shape index (κ1) is 18.1. The normalized spacial score (nSPS) is 23.8. The number of hydrogen-bond donors (Lipinski definition) is 1. The summed E-state index contributed by atoms with van der Waals surface area (Å²) in [5.41, 5.74) is 2.19. The predicted molar refractivity (Wildman–Crippen MR) is 98.8 cm³/mol. The van der Waals surface area contributed by atoms with Crippen LogP contribution in [0.1, 0.15) is 36.9 Å². The molecule has 1 spiro atoms. The molecule has 1 amide bonds. The van der Waals surface area contributed by atoms with E-state index in [9.17, 15) is 9.90 Å². The average molecular weight is 370 g/mol. The molecule has 8 nitrogen and oxygen atoms in total. The molecule has 1 aliphatic heterocycles. The Kier molecular flexibility index (Phi) is 4.69. The lowest BCUT2D eigenvalue weighted by Gasteiger charge is -2.43. The molecule has 1 fully saturated rings. The van der Waals surface area contributed by atoms with Crippen LogP contribution < -0.4 is 0 Å². The second-order valence-corrected chi connectivity index (χ2v) is 7.59. The van der Waals surface area contributed by atoms with E-state index in [2.05, 4.69) is 52.6 Å². The highest BCUT2D eigenvalue weighted by Gasteiger charge is 2.53. The van der Waals surface area contributed by atoms with Crippen molar-refractivity contribution >= 4 is 5.91 Å². The molecule has 0 saturated carbocycles. The van der Waals surface area contributed by atoms with Crippen LogP contribution in [0.4, 0.5) is 0 Å². The van der Waals surface area contributed by atoms with E-state index in [0.29, 0.717) is 13.1 Å². The number of aliphatic hydroxyl groups is 1. The van der Waals surface area contributed by atoms with Crippen LogP contribution in [0.5, 0.6) is 0 Å². The minimum Gasteiger partial charge on any atom is -0.390 e. The van der Waals surface area contributed by atoms with E-state index in [4.69, 9.17) is 0 Å². The molecule has 1 aliphatic carbocycles. The van der Waals surface area contributed by atoms with E-state index in [0.717, 1.165) is 19.4 Å². The van der Waals surface area contributed by atoms with Crippen molar-refractivity contribution in [3.05, 3.63) is 41.7 Å². The van der Waals surface area contributed by atoms with Crippen LogP contribution in [0, 0.1) is 0 Å². The molecule has 2 aliphatic rings. The van der Waals surface area contributed by atoms with Crippen LogP contribution >= 0.6 is 0 Å². The van der Waals surface area contributed by atoms with E-state index < -0.39 is 6.10 Å².